The monoisotopic (exact) mass is 282 g/mol. The summed E-state index contributed by atoms with van der Waals surface area (Å²) in [6.07, 6.45) is 3.97. The number of rotatable bonds is 7. The molecule has 0 amide bonds. The molecule has 0 radical (unpaired) electrons. The van der Waals surface area contributed by atoms with Crippen molar-refractivity contribution in [2.75, 3.05) is 13.1 Å². The first-order chi connectivity index (χ1) is 7.84. The van der Waals surface area contributed by atoms with E-state index in [4.69, 9.17) is 0 Å². The first-order valence-corrected chi connectivity index (χ1v) is 6.82. The van der Waals surface area contributed by atoms with E-state index in [2.05, 4.69) is 50.8 Å². The van der Waals surface area contributed by atoms with Gasteiger partial charge in [-0.15, -0.1) is 0 Å². The van der Waals surface area contributed by atoms with E-state index in [1.165, 1.54) is 24.8 Å². The molecule has 2 rings (SSSR count). The lowest BCUT2D eigenvalue weighted by Gasteiger charge is -2.06. The van der Waals surface area contributed by atoms with Gasteiger partial charge in [-0.2, -0.15) is 0 Å². The standard InChI is InChI=1S/C13H19BrN2/c14-12-4-1-3-11(9-12)10-15-7-2-8-16-13-5-6-13/h1,3-4,9,13,15-16H,2,5-8,10H2. The minimum absolute atomic E-state index is 0.838. The third-order valence-corrected chi connectivity index (χ3v) is 3.25. The van der Waals surface area contributed by atoms with Crippen LogP contribution in [0.2, 0.25) is 0 Å². The Kier molecular flexibility index (Phi) is 4.82. The van der Waals surface area contributed by atoms with Crippen molar-refractivity contribution in [1.82, 2.24) is 10.6 Å². The Morgan fingerprint density at radius 3 is 2.88 bits per heavy atom. The van der Waals surface area contributed by atoms with Gasteiger partial charge in [0.15, 0.2) is 0 Å². The van der Waals surface area contributed by atoms with Crippen molar-refractivity contribution in [3.8, 4) is 0 Å². The van der Waals surface area contributed by atoms with Gasteiger partial charge in [-0.25, -0.2) is 0 Å². The van der Waals surface area contributed by atoms with Crippen molar-refractivity contribution in [3.05, 3.63) is 34.3 Å². The van der Waals surface area contributed by atoms with Gasteiger partial charge in [-0.3, -0.25) is 0 Å². The van der Waals surface area contributed by atoms with E-state index in [9.17, 15) is 0 Å². The van der Waals surface area contributed by atoms with Gasteiger partial charge >= 0.3 is 0 Å². The average molecular weight is 283 g/mol. The number of halogens is 1. The second-order valence-electron chi connectivity index (χ2n) is 4.39. The van der Waals surface area contributed by atoms with Gasteiger partial charge in [0.1, 0.15) is 0 Å². The van der Waals surface area contributed by atoms with Crippen LogP contribution in [0.15, 0.2) is 28.7 Å². The smallest absolute Gasteiger partial charge is 0.0205 e. The molecule has 16 heavy (non-hydrogen) atoms. The molecule has 1 aliphatic rings. The van der Waals surface area contributed by atoms with Crippen molar-refractivity contribution in [2.45, 2.75) is 31.8 Å². The quantitative estimate of drug-likeness (QED) is 0.752. The van der Waals surface area contributed by atoms with E-state index in [1.807, 2.05) is 0 Å². The highest BCUT2D eigenvalue weighted by molar-refractivity contribution is 9.10. The molecule has 88 valence electrons. The minimum atomic E-state index is 0.838. The molecule has 1 aromatic rings. The SMILES string of the molecule is Brc1cccc(CNCCCNC2CC2)c1. The van der Waals surface area contributed by atoms with Crippen LogP contribution in [0.4, 0.5) is 0 Å². The summed E-state index contributed by atoms with van der Waals surface area (Å²) in [4.78, 5) is 0. The molecule has 1 aliphatic carbocycles. The topological polar surface area (TPSA) is 24.1 Å². The summed E-state index contributed by atoms with van der Waals surface area (Å²) >= 11 is 3.48. The van der Waals surface area contributed by atoms with Crippen molar-refractivity contribution in [3.63, 3.8) is 0 Å². The number of hydrogen-bond donors (Lipinski definition) is 2. The predicted octanol–water partition coefficient (Wildman–Crippen LogP) is 2.68. The maximum atomic E-state index is 3.52. The third kappa shape index (κ3) is 4.64. The fourth-order valence-electron chi connectivity index (χ4n) is 1.69. The molecule has 1 fully saturated rings. The molecule has 0 heterocycles. The molecule has 0 spiro atoms. The lowest BCUT2D eigenvalue weighted by atomic mass is 10.2. The van der Waals surface area contributed by atoms with Gasteiger partial charge in [0.05, 0.1) is 0 Å². The molecule has 0 atom stereocenters. The highest BCUT2D eigenvalue weighted by Crippen LogP contribution is 2.18. The van der Waals surface area contributed by atoms with Gasteiger partial charge < -0.3 is 10.6 Å². The molecule has 2 N–H and O–H groups in total. The molecule has 0 aliphatic heterocycles. The highest BCUT2D eigenvalue weighted by Gasteiger charge is 2.19. The van der Waals surface area contributed by atoms with Crippen LogP contribution < -0.4 is 10.6 Å². The van der Waals surface area contributed by atoms with Crippen LogP contribution in [0.3, 0.4) is 0 Å². The van der Waals surface area contributed by atoms with E-state index >= 15 is 0 Å². The van der Waals surface area contributed by atoms with Crippen LogP contribution in [0, 0.1) is 0 Å². The largest absolute Gasteiger partial charge is 0.314 e. The zero-order valence-electron chi connectivity index (χ0n) is 9.51. The van der Waals surface area contributed by atoms with E-state index < -0.39 is 0 Å². The van der Waals surface area contributed by atoms with Crippen molar-refractivity contribution in [2.24, 2.45) is 0 Å². The Hall–Kier alpha value is -0.380. The van der Waals surface area contributed by atoms with Gasteiger partial charge in [-0.05, 0) is 50.0 Å². The first kappa shape index (κ1) is 12.1. The van der Waals surface area contributed by atoms with Crippen LogP contribution in [0.25, 0.3) is 0 Å². The Labute approximate surface area is 106 Å². The maximum Gasteiger partial charge on any atom is 0.0205 e. The fourth-order valence-corrected chi connectivity index (χ4v) is 2.13. The summed E-state index contributed by atoms with van der Waals surface area (Å²) in [6.45, 7) is 3.20. The molecular formula is C13H19BrN2. The van der Waals surface area contributed by atoms with E-state index in [0.717, 1.165) is 30.1 Å². The zero-order chi connectivity index (χ0) is 11.2. The van der Waals surface area contributed by atoms with E-state index in [0.29, 0.717) is 0 Å². The molecule has 0 saturated heterocycles. The summed E-state index contributed by atoms with van der Waals surface area (Å²) in [5.74, 6) is 0. The van der Waals surface area contributed by atoms with Gasteiger partial charge in [0.2, 0.25) is 0 Å². The first-order valence-electron chi connectivity index (χ1n) is 6.03. The molecule has 0 bridgehead atoms. The van der Waals surface area contributed by atoms with Crippen LogP contribution in [0.1, 0.15) is 24.8 Å². The van der Waals surface area contributed by atoms with Crippen LogP contribution in [0.5, 0.6) is 0 Å². The maximum absolute atomic E-state index is 3.52. The van der Waals surface area contributed by atoms with Crippen LogP contribution in [-0.2, 0) is 6.54 Å². The summed E-state index contributed by atoms with van der Waals surface area (Å²) < 4.78 is 1.15. The molecule has 0 unspecified atom stereocenters. The minimum Gasteiger partial charge on any atom is -0.314 e. The second-order valence-corrected chi connectivity index (χ2v) is 5.30. The summed E-state index contributed by atoms with van der Waals surface area (Å²) in [7, 11) is 0. The van der Waals surface area contributed by atoms with Crippen molar-refractivity contribution in [1.29, 1.82) is 0 Å². The molecule has 3 heteroatoms. The zero-order valence-corrected chi connectivity index (χ0v) is 11.1. The summed E-state index contributed by atoms with van der Waals surface area (Å²) in [5.41, 5.74) is 1.34. The lowest BCUT2D eigenvalue weighted by Crippen LogP contribution is -2.23. The average Bonchev–Trinajstić information content (AvgIpc) is 3.07. The Morgan fingerprint density at radius 2 is 2.12 bits per heavy atom. The van der Waals surface area contributed by atoms with Gasteiger partial charge in [0, 0.05) is 17.1 Å². The summed E-state index contributed by atoms with van der Waals surface area (Å²) in [6, 6.07) is 9.29. The molecule has 2 nitrogen and oxygen atoms in total. The Morgan fingerprint density at radius 1 is 1.25 bits per heavy atom. The lowest BCUT2D eigenvalue weighted by molar-refractivity contribution is 0.593. The normalized spacial score (nSPS) is 15.3. The molecule has 1 saturated carbocycles. The van der Waals surface area contributed by atoms with Crippen molar-refractivity contribution >= 4 is 15.9 Å². The van der Waals surface area contributed by atoms with Crippen LogP contribution in [-0.4, -0.2) is 19.1 Å². The number of hydrogen-bond acceptors (Lipinski definition) is 2. The third-order valence-electron chi connectivity index (χ3n) is 2.76. The van der Waals surface area contributed by atoms with Crippen LogP contribution >= 0.6 is 15.9 Å². The van der Waals surface area contributed by atoms with E-state index in [-0.39, 0.29) is 0 Å². The molecular weight excluding hydrogens is 264 g/mol. The summed E-state index contributed by atoms with van der Waals surface area (Å²) in [5, 5.41) is 6.98. The number of benzene rings is 1. The van der Waals surface area contributed by atoms with Crippen molar-refractivity contribution < 1.29 is 0 Å². The van der Waals surface area contributed by atoms with Gasteiger partial charge in [-0.1, -0.05) is 28.1 Å². The Bertz CT molecular complexity index is 323. The highest BCUT2D eigenvalue weighted by atomic mass is 79.9. The van der Waals surface area contributed by atoms with E-state index in [1.54, 1.807) is 0 Å². The van der Waals surface area contributed by atoms with Gasteiger partial charge in [0.25, 0.3) is 0 Å². The number of nitrogens with one attached hydrogen (secondary N) is 2. The predicted molar refractivity (Wildman–Crippen MR) is 71.5 cm³/mol. The molecule has 0 aromatic heterocycles. The second kappa shape index (κ2) is 6.38. The fraction of sp³-hybridized carbons (Fsp3) is 0.538. The molecule has 1 aromatic carbocycles. The Balaban J connectivity index is 1.53.